The van der Waals surface area contributed by atoms with Crippen molar-refractivity contribution in [1.82, 2.24) is 15.5 Å². The minimum absolute atomic E-state index is 0. The zero-order valence-corrected chi connectivity index (χ0v) is 21.7. The van der Waals surface area contributed by atoms with Crippen molar-refractivity contribution in [3.63, 3.8) is 0 Å². The number of halogens is 1. The van der Waals surface area contributed by atoms with Crippen LogP contribution in [0.2, 0.25) is 0 Å². The molecule has 2 aliphatic heterocycles. The van der Waals surface area contributed by atoms with Crippen LogP contribution < -0.4 is 15.4 Å². The number of ether oxygens (including phenoxy) is 1. The predicted molar refractivity (Wildman–Crippen MR) is 143 cm³/mol. The lowest BCUT2D eigenvalue weighted by Gasteiger charge is -2.37. The summed E-state index contributed by atoms with van der Waals surface area (Å²) in [5.74, 6) is 2.00. The van der Waals surface area contributed by atoms with Gasteiger partial charge in [0.25, 0.3) is 0 Å². The Morgan fingerprint density at radius 2 is 1.94 bits per heavy atom. The van der Waals surface area contributed by atoms with Gasteiger partial charge in [-0.25, -0.2) is 0 Å². The van der Waals surface area contributed by atoms with Crippen LogP contribution >= 0.6 is 24.0 Å². The lowest BCUT2D eigenvalue weighted by Crippen LogP contribution is -2.49. The summed E-state index contributed by atoms with van der Waals surface area (Å²) < 4.78 is 5.61. The smallest absolute Gasteiger partial charge is 0.191 e. The van der Waals surface area contributed by atoms with Crippen molar-refractivity contribution in [3.05, 3.63) is 65.2 Å². The van der Waals surface area contributed by atoms with Gasteiger partial charge in [-0.1, -0.05) is 42.5 Å². The fourth-order valence-corrected chi connectivity index (χ4v) is 4.58. The molecule has 1 fully saturated rings. The van der Waals surface area contributed by atoms with Crippen LogP contribution in [-0.4, -0.2) is 49.7 Å². The van der Waals surface area contributed by atoms with Gasteiger partial charge in [-0.3, -0.25) is 9.89 Å². The van der Waals surface area contributed by atoms with Crippen LogP contribution in [0.5, 0.6) is 5.75 Å². The number of rotatable bonds is 7. The highest BCUT2D eigenvalue weighted by molar-refractivity contribution is 14.0. The molecule has 6 heteroatoms. The van der Waals surface area contributed by atoms with Crippen molar-refractivity contribution in [1.29, 1.82) is 0 Å². The topological polar surface area (TPSA) is 48.9 Å². The van der Waals surface area contributed by atoms with Crippen molar-refractivity contribution in [2.75, 3.05) is 32.8 Å². The van der Waals surface area contributed by atoms with E-state index in [4.69, 9.17) is 9.73 Å². The van der Waals surface area contributed by atoms with Gasteiger partial charge in [0.2, 0.25) is 0 Å². The molecular formula is C26H37IN4O. The van der Waals surface area contributed by atoms with Gasteiger partial charge in [-0.15, -0.1) is 24.0 Å². The van der Waals surface area contributed by atoms with Crippen LogP contribution in [0, 0.1) is 0 Å². The summed E-state index contributed by atoms with van der Waals surface area (Å²) in [5, 5.41) is 7.10. The Hall–Kier alpha value is -1.80. The summed E-state index contributed by atoms with van der Waals surface area (Å²) in [5.41, 5.74) is 4.08. The van der Waals surface area contributed by atoms with Gasteiger partial charge in [0.15, 0.2) is 5.96 Å². The Balaban J connectivity index is 0.00000289. The molecule has 2 N–H and O–H groups in total. The first-order chi connectivity index (χ1) is 15.2. The zero-order valence-electron chi connectivity index (χ0n) is 19.3. The maximum absolute atomic E-state index is 5.61. The molecular weight excluding hydrogens is 511 g/mol. The first-order valence-electron chi connectivity index (χ1n) is 11.8. The van der Waals surface area contributed by atoms with Crippen LogP contribution in [0.4, 0.5) is 0 Å². The van der Waals surface area contributed by atoms with E-state index in [1.165, 1.54) is 16.7 Å². The number of fused-ring (bicyclic) bond motifs is 1. The van der Waals surface area contributed by atoms with E-state index in [0.29, 0.717) is 12.1 Å². The molecule has 0 saturated carbocycles. The van der Waals surface area contributed by atoms with Gasteiger partial charge in [-0.2, -0.15) is 0 Å². The molecule has 2 heterocycles. The van der Waals surface area contributed by atoms with Crippen LogP contribution in [0.15, 0.2) is 53.5 Å². The highest BCUT2D eigenvalue weighted by Gasteiger charge is 2.24. The second-order valence-electron chi connectivity index (χ2n) is 8.59. The van der Waals surface area contributed by atoms with Crippen molar-refractivity contribution in [3.8, 4) is 5.75 Å². The number of nitrogens with one attached hydrogen (secondary N) is 2. The minimum atomic E-state index is 0. The Kier molecular flexibility index (Phi) is 9.66. The van der Waals surface area contributed by atoms with Gasteiger partial charge < -0.3 is 15.4 Å². The Labute approximate surface area is 210 Å². The van der Waals surface area contributed by atoms with Gasteiger partial charge in [0.1, 0.15) is 5.75 Å². The Morgan fingerprint density at radius 1 is 1.16 bits per heavy atom. The maximum Gasteiger partial charge on any atom is 0.191 e. The monoisotopic (exact) mass is 548 g/mol. The molecule has 0 bridgehead atoms. The summed E-state index contributed by atoms with van der Waals surface area (Å²) in [6, 6.07) is 18.3. The molecule has 0 aliphatic carbocycles. The number of hydrogen-bond acceptors (Lipinski definition) is 3. The fraction of sp³-hybridized carbons (Fsp3) is 0.500. The van der Waals surface area contributed by atoms with Gasteiger partial charge in [0.05, 0.1) is 6.61 Å². The van der Waals surface area contributed by atoms with E-state index >= 15 is 0 Å². The molecule has 2 aromatic carbocycles. The fourth-order valence-electron chi connectivity index (χ4n) is 4.58. The number of hydrogen-bond donors (Lipinski definition) is 2. The molecule has 0 radical (unpaired) electrons. The van der Waals surface area contributed by atoms with Crippen molar-refractivity contribution in [2.24, 2.45) is 4.99 Å². The molecule has 0 spiro atoms. The summed E-state index contributed by atoms with van der Waals surface area (Å²) in [7, 11) is 0. The lowest BCUT2D eigenvalue weighted by atomic mass is 10.0. The first-order valence-corrected chi connectivity index (χ1v) is 11.8. The summed E-state index contributed by atoms with van der Waals surface area (Å²) in [6.45, 7) is 9.16. The van der Waals surface area contributed by atoms with E-state index in [1.807, 2.05) is 0 Å². The Morgan fingerprint density at radius 3 is 2.69 bits per heavy atom. The van der Waals surface area contributed by atoms with Crippen LogP contribution in [0.25, 0.3) is 0 Å². The summed E-state index contributed by atoms with van der Waals surface area (Å²) in [6.07, 6.45) is 4.27. The highest BCUT2D eigenvalue weighted by atomic mass is 127. The number of likely N-dealkylation sites (tertiary alicyclic amines) is 1. The van der Waals surface area contributed by atoms with Crippen molar-refractivity contribution in [2.45, 2.75) is 51.6 Å². The molecule has 0 aromatic heterocycles. The summed E-state index contributed by atoms with van der Waals surface area (Å²) >= 11 is 0. The van der Waals surface area contributed by atoms with Gasteiger partial charge in [0, 0.05) is 44.7 Å². The Bertz CT molecular complexity index is 865. The number of guanidine groups is 1. The molecule has 32 heavy (non-hydrogen) atoms. The SMILES string of the molecule is CCNC(=NCCc1ccc2c(c1)CCO2)NC1CCN(C(C)c2ccccc2)CC1.I. The zero-order chi connectivity index (χ0) is 21.5. The predicted octanol–water partition coefficient (Wildman–Crippen LogP) is 4.56. The maximum atomic E-state index is 5.61. The largest absolute Gasteiger partial charge is 0.493 e. The second kappa shape index (κ2) is 12.4. The van der Waals surface area contributed by atoms with Crippen molar-refractivity contribution < 1.29 is 4.74 Å². The standard InChI is InChI=1S/C26H36N4O.HI/c1-3-27-26(28-15-11-21-9-10-25-23(19-21)14-18-31-25)29-24-12-16-30(17-13-24)20(2)22-7-5-4-6-8-22;/h4-10,19-20,24H,3,11-18H2,1-2H3,(H2,27,28,29);1H. The quantitative estimate of drug-likeness (QED) is 0.303. The second-order valence-corrected chi connectivity index (χ2v) is 8.59. The molecule has 2 aliphatic rings. The molecule has 2 aromatic rings. The van der Waals surface area contributed by atoms with E-state index < -0.39 is 0 Å². The van der Waals surface area contributed by atoms with Crippen LogP contribution in [0.1, 0.15) is 49.4 Å². The van der Waals surface area contributed by atoms with E-state index in [2.05, 4.69) is 77.9 Å². The average molecular weight is 549 g/mol. The van der Waals surface area contributed by atoms with E-state index in [1.54, 1.807) is 0 Å². The summed E-state index contributed by atoms with van der Waals surface area (Å²) in [4.78, 5) is 7.44. The molecule has 5 nitrogen and oxygen atoms in total. The molecule has 1 atom stereocenters. The number of benzene rings is 2. The van der Waals surface area contributed by atoms with E-state index in [9.17, 15) is 0 Å². The molecule has 1 saturated heterocycles. The molecule has 4 rings (SSSR count). The van der Waals surface area contributed by atoms with E-state index in [0.717, 1.165) is 70.2 Å². The van der Waals surface area contributed by atoms with Crippen molar-refractivity contribution >= 4 is 29.9 Å². The van der Waals surface area contributed by atoms with Crippen LogP contribution in [-0.2, 0) is 12.8 Å². The van der Waals surface area contributed by atoms with Gasteiger partial charge in [-0.05, 0) is 55.9 Å². The third-order valence-electron chi connectivity index (χ3n) is 6.47. The normalized spacial score (nSPS) is 17.8. The number of piperidine rings is 1. The third kappa shape index (κ3) is 6.61. The number of aliphatic imine (C=N–C) groups is 1. The molecule has 174 valence electrons. The third-order valence-corrected chi connectivity index (χ3v) is 6.47. The van der Waals surface area contributed by atoms with Gasteiger partial charge >= 0.3 is 0 Å². The molecule has 1 unspecified atom stereocenters. The lowest BCUT2D eigenvalue weighted by molar-refractivity contribution is 0.158. The first kappa shape index (κ1) is 24.8. The van der Waals surface area contributed by atoms with Crippen LogP contribution in [0.3, 0.4) is 0 Å². The minimum Gasteiger partial charge on any atom is -0.493 e. The van der Waals surface area contributed by atoms with E-state index in [-0.39, 0.29) is 24.0 Å². The molecule has 0 amide bonds. The highest BCUT2D eigenvalue weighted by Crippen LogP contribution is 2.26. The average Bonchev–Trinajstić information content (AvgIpc) is 3.28. The number of nitrogens with zero attached hydrogens (tertiary/aromatic N) is 2.